The van der Waals surface area contributed by atoms with Gasteiger partial charge in [0.2, 0.25) is 5.91 Å². The number of halogens is 3. The summed E-state index contributed by atoms with van der Waals surface area (Å²) < 4.78 is 39.2. The van der Waals surface area contributed by atoms with Crippen LogP contribution in [-0.2, 0) is 4.79 Å². The Balaban J connectivity index is 2.93. The van der Waals surface area contributed by atoms with Crippen molar-refractivity contribution in [3.05, 3.63) is 12.2 Å². The van der Waals surface area contributed by atoms with Crippen LogP contribution in [0.4, 0.5) is 13.2 Å². The van der Waals surface area contributed by atoms with Crippen LogP contribution < -0.4 is 5.32 Å². The van der Waals surface area contributed by atoms with Crippen molar-refractivity contribution >= 4 is 5.91 Å². The highest BCUT2D eigenvalue weighted by Gasteiger charge is 2.62. The van der Waals surface area contributed by atoms with Crippen LogP contribution in [0.2, 0.25) is 0 Å². The Bertz CT molecular complexity index is 319. The van der Waals surface area contributed by atoms with Gasteiger partial charge in [0.15, 0.2) is 5.41 Å². The Morgan fingerprint density at radius 3 is 2.47 bits per heavy atom. The van der Waals surface area contributed by atoms with Crippen molar-refractivity contribution in [2.45, 2.75) is 19.5 Å². The van der Waals surface area contributed by atoms with Gasteiger partial charge in [0.1, 0.15) is 0 Å². The number of amides is 1. The van der Waals surface area contributed by atoms with Crippen LogP contribution in [0.15, 0.2) is 12.2 Å². The molecule has 1 amide bonds. The van der Waals surface area contributed by atoms with E-state index in [1.54, 1.807) is 6.92 Å². The van der Waals surface area contributed by atoms with Crippen molar-refractivity contribution in [3.63, 3.8) is 0 Å². The number of hydrogen-bond donors (Lipinski definition) is 1. The van der Waals surface area contributed by atoms with Gasteiger partial charge in [-0.2, -0.15) is 13.2 Å². The van der Waals surface area contributed by atoms with E-state index < -0.39 is 17.5 Å². The SMILES string of the molecule is C=C(C)CN(C)C(=O)C1(C(F)(F)F)CCNC1. The molecule has 1 N–H and O–H groups in total. The molecule has 0 aromatic rings. The number of nitrogens with one attached hydrogen (secondary N) is 1. The highest BCUT2D eigenvalue weighted by atomic mass is 19.4. The molecule has 1 unspecified atom stereocenters. The number of carbonyl (C=O) groups excluding carboxylic acids is 1. The number of alkyl halides is 3. The highest BCUT2D eigenvalue weighted by molar-refractivity contribution is 5.84. The van der Waals surface area contributed by atoms with Gasteiger partial charge in [-0.1, -0.05) is 12.2 Å². The molecule has 0 aromatic heterocycles. The van der Waals surface area contributed by atoms with Crippen LogP contribution in [0.25, 0.3) is 0 Å². The monoisotopic (exact) mass is 250 g/mol. The summed E-state index contributed by atoms with van der Waals surface area (Å²) in [5.41, 5.74) is -1.61. The standard InChI is InChI=1S/C11H17F3N2O/c1-8(2)6-16(3)9(17)10(11(12,13)14)4-5-15-7-10/h15H,1,4-7H2,2-3H3. The molecule has 0 aromatic carbocycles. The number of nitrogens with zero attached hydrogens (tertiary/aromatic N) is 1. The largest absolute Gasteiger partial charge is 0.404 e. The minimum absolute atomic E-state index is 0.149. The molecule has 0 spiro atoms. The second-order valence-corrected chi connectivity index (χ2v) is 4.62. The lowest BCUT2D eigenvalue weighted by Gasteiger charge is -2.33. The molecule has 0 saturated carbocycles. The molecular formula is C11H17F3N2O. The second-order valence-electron chi connectivity index (χ2n) is 4.62. The van der Waals surface area contributed by atoms with E-state index in [1.165, 1.54) is 7.05 Å². The van der Waals surface area contributed by atoms with Crippen molar-refractivity contribution in [2.75, 3.05) is 26.7 Å². The first-order chi connectivity index (χ1) is 7.71. The zero-order valence-corrected chi connectivity index (χ0v) is 10.0. The van der Waals surface area contributed by atoms with Crippen molar-refractivity contribution in [2.24, 2.45) is 5.41 Å². The number of carbonyl (C=O) groups is 1. The molecule has 1 atom stereocenters. The Kier molecular flexibility index (Phi) is 3.86. The van der Waals surface area contributed by atoms with Crippen LogP contribution in [0.3, 0.4) is 0 Å². The fourth-order valence-corrected chi connectivity index (χ4v) is 2.08. The summed E-state index contributed by atoms with van der Waals surface area (Å²) in [5, 5.41) is 2.62. The van der Waals surface area contributed by atoms with E-state index in [9.17, 15) is 18.0 Å². The van der Waals surface area contributed by atoms with Crippen LogP contribution in [-0.4, -0.2) is 43.7 Å². The molecule has 6 heteroatoms. The van der Waals surface area contributed by atoms with Crippen LogP contribution in [0.1, 0.15) is 13.3 Å². The minimum atomic E-state index is -4.52. The Morgan fingerprint density at radius 2 is 2.12 bits per heavy atom. The summed E-state index contributed by atoms with van der Waals surface area (Å²) in [6.07, 6.45) is -4.72. The van der Waals surface area contributed by atoms with Gasteiger partial charge >= 0.3 is 6.18 Å². The average molecular weight is 250 g/mol. The second kappa shape index (κ2) is 4.68. The molecular weight excluding hydrogens is 233 g/mol. The molecule has 1 aliphatic rings. The van der Waals surface area contributed by atoms with Crippen LogP contribution in [0, 0.1) is 5.41 Å². The van der Waals surface area contributed by atoms with Crippen molar-refractivity contribution < 1.29 is 18.0 Å². The van der Waals surface area contributed by atoms with Crippen LogP contribution in [0.5, 0.6) is 0 Å². The van der Waals surface area contributed by atoms with Gasteiger partial charge in [-0.15, -0.1) is 0 Å². The molecule has 17 heavy (non-hydrogen) atoms. The minimum Gasteiger partial charge on any atom is -0.341 e. The summed E-state index contributed by atoms with van der Waals surface area (Å²) in [4.78, 5) is 13.1. The van der Waals surface area contributed by atoms with Crippen molar-refractivity contribution in [1.29, 1.82) is 0 Å². The van der Waals surface area contributed by atoms with E-state index in [2.05, 4.69) is 11.9 Å². The predicted octanol–water partition coefficient (Wildman–Crippen LogP) is 1.56. The predicted molar refractivity (Wildman–Crippen MR) is 58.4 cm³/mol. The molecule has 1 heterocycles. The van der Waals surface area contributed by atoms with Gasteiger partial charge in [-0.25, -0.2) is 0 Å². The smallest absolute Gasteiger partial charge is 0.341 e. The Labute approximate surface area is 98.7 Å². The molecule has 0 radical (unpaired) electrons. The third kappa shape index (κ3) is 2.62. The molecule has 1 fully saturated rings. The van der Waals surface area contributed by atoms with Gasteiger partial charge < -0.3 is 10.2 Å². The lowest BCUT2D eigenvalue weighted by molar-refractivity contribution is -0.220. The molecule has 0 bridgehead atoms. The first kappa shape index (κ1) is 14.0. The normalized spacial score (nSPS) is 24.8. The average Bonchev–Trinajstić information content (AvgIpc) is 2.63. The maximum atomic E-state index is 13.1. The van der Waals surface area contributed by atoms with E-state index in [1.807, 2.05) is 0 Å². The van der Waals surface area contributed by atoms with Gasteiger partial charge in [0, 0.05) is 20.1 Å². The lowest BCUT2D eigenvalue weighted by Crippen LogP contribution is -2.52. The summed E-state index contributed by atoms with van der Waals surface area (Å²) in [7, 11) is 1.38. The van der Waals surface area contributed by atoms with E-state index in [0.29, 0.717) is 5.57 Å². The molecule has 1 rings (SSSR count). The van der Waals surface area contributed by atoms with Gasteiger partial charge in [0.25, 0.3) is 0 Å². The van der Waals surface area contributed by atoms with Crippen molar-refractivity contribution in [3.8, 4) is 0 Å². The zero-order chi connectivity index (χ0) is 13.3. The number of rotatable bonds is 3. The van der Waals surface area contributed by atoms with Crippen LogP contribution >= 0.6 is 0 Å². The topological polar surface area (TPSA) is 32.3 Å². The molecule has 3 nitrogen and oxygen atoms in total. The maximum absolute atomic E-state index is 13.1. The Morgan fingerprint density at radius 1 is 1.53 bits per heavy atom. The molecule has 0 aliphatic carbocycles. The number of hydrogen-bond acceptors (Lipinski definition) is 2. The van der Waals surface area contributed by atoms with E-state index >= 15 is 0 Å². The van der Waals surface area contributed by atoms with E-state index in [0.717, 1.165) is 4.90 Å². The molecule has 98 valence electrons. The summed E-state index contributed by atoms with van der Waals surface area (Å²) in [5.74, 6) is -0.877. The quantitative estimate of drug-likeness (QED) is 0.771. The Hall–Kier alpha value is -1.04. The third-order valence-electron chi connectivity index (χ3n) is 2.96. The van der Waals surface area contributed by atoms with E-state index in [4.69, 9.17) is 0 Å². The summed E-state index contributed by atoms with van der Waals surface area (Å²) >= 11 is 0. The number of likely N-dealkylation sites (N-methyl/N-ethyl adjacent to an activating group) is 1. The lowest BCUT2D eigenvalue weighted by atomic mass is 9.84. The fraction of sp³-hybridized carbons (Fsp3) is 0.727. The zero-order valence-electron chi connectivity index (χ0n) is 10.0. The third-order valence-corrected chi connectivity index (χ3v) is 2.96. The summed E-state index contributed by atoms with van der Waals surface area (Å²) in [6.45, 7) is 5.30. The maximum Gasteiger partial charge on any atom is 0.404 e. The fourth-order valence-electron chi connectivity index (χ4n) is 2.08. The van der Waals surface area contributed by atoms with E-state index in [-0.39, 0.29) is 26.1 Å². The van der Waals surface area contributed by atoms with Gasteiger partial charge in [-0.05, 0) is 19.9 Å². The summed E-state index contributed by atoms with van der Waals surface area (Å²) in [6, 6.07) is 0. The molecule has 1 saturated heterocycles. The molecule has 1 aliphatic heterocycles. The first-order valence-corrected chi connectivity index (χ1v) is 5.38. The van der Waals surface area contributed by atoms with Crippen molar-refractivity contribution in [1.82, 2.24) is 10.2 Å². The van der Waals surface area contributed by atoms with Gasteiger partial charge in [0.05, 0.1) is 0 Å². The highest BCUT2D eigenvalue weighted by Crippen LogP contribution is 2.44. The van der Waals surface area contributed by atoms with Gasteiger partial charge in [-0.3, -0.25) is 4.79 Å². The first-order valence-electron chi connectivity index (χ1n) is 5.38.